The van der Waals surface area contributed by atoms with Gasteiger partial charge in [-0.05, 0) is 38.1 Å². The third-order valence-corrected chi connectivity index (χ3v) is 2.35. The molecule has 0 fully saturated rings. The molecular weight excluding hydrogens is 228 g/mol. The van der Waals surface area contributed by atoms with Crippen molar-refractivity contribution >= 4 is 17.2 Å². The minimum atomic E-state index is 0.176. The fourth-order valence-corrected chi connectivity index (χ4v) is 1.63. The van der Waals surface area contributed by atoms with Gasteiger partial charge in [-0.1, -0.05) is 0 Å². The molecule has 1 aromatic heterocycles. The highest BCUT2D eigenvalue weighted by Crippen LogP contribution is 2.23. The lowest BCUT2D eigenvalue weighted by Gasteiger charge is -2.10. The molecule has 0 saturated heterocycles. The van der Waals surface area contributed by atoms with Gasteiger partial charge >= 0.3 is 0 Å². The number of ether oxygens (including phenoxy) is 1. The molecule has 2 rings (SSSR count). The number of benzene rings is 1. The molecule has 0 spiro atoms. The van der Waals surface area contributed by atoms with Gasteiger partial charge in [-0.3, -0.25) is 4.68 Å². The first-order chi connectivity index (χ1) is 8.54. The normalized spacial score (nSPS) is 10.7. The first kappa shape index (κ1) is 12.3. The van der Waals surface area contributed by atoms with Gasteiger partial charge in [0.25, 0.3) is 0 Å². The molecule has 96 valence electrons. The zero-order valence-corrected chi connectivity index (χ0v) is 10.8. The summed E-state index contributed by atoms with van der Waals surface area (Å²) in [6, 6.07) is 7.71. The van der Waals surface area contributed by atoms with Crippen LogP contribution in [0.5, 0.6) is 5.75 Å². The van der Waals surface area contributed by atoms with Crippen LogP contribution >= 0.6 is 0 Å². The first-order valence-corrected chi connectivity index (χ1v) is 5.87. The summed E-state index contributed by atoms with van der Waals surface area (Å²) in [5.41, 5.74) is 7.37. The van der Waals surface area contributed by atoms with E-state index in [1.807, 2.05) is 45.2 Å². The van der Waals surface area contributed by atoms with E-state index < -0.39 is 0 Å². The smallest absolute Gasteiger partial charge is 0.175 e. The molecule has 0 saturated carbocycles. The van der Waals surface area contributed by atoms with E-state index >= 15 is 0 Å². The second-order valence-corrected chi connectivity index (χ2v) is 4.42. The molecule has 0 aliphatic rings. The Kier molecular flexibility index (Phi) is 3.41. The minimum Gasteiger partial charge on any atom is -0.491 e. The quantitative estimate of drug-likeness (QED) is 0.870. The van der Waals surface area contributed by atoms with E-state index in [2.05, 4.69) is 10.4 Å². The third-order valence-electron chi connectivity index (χ3n) is 2.35. The topological polar surface area (TPSA) is 65.1 Å². The average molecular weight is 246 g/mol. The Labute approximate surface area is 107 Å². The fourth-order valence-electron chi connectivity index (χ4n) is 1.63. The highest BCUT2D eigenvalue weighted by molar-refractivity contribution is 5.68. The van der Waals surface area contributed by atoms with Crippen molar-refractivity contribution in [3.05, 3.63) is 30.5 Å². The summed E-state index contributed by atoms with van der Waals surface area (Å²) in [5, 5.41) is 7.39. The predicted molar refractivity (Wildman–Crippen MR) is 73.1 cm³/mol. The standard InChI is InChI=1S/C13H18N4O/c1-9(2)18-11-6-4-10(5-7-11)15-13-12(14)8-17(3)16-13/h4-9H,14H2,1-3H3,(H,15,16). The molecular formula is C13H18N4O. The molecule has 0 amide bonds. The van der Waals surface area contributed by atoms with Crippen LogP contribution in [0.3, 0.4) is 0 Å². The fraction of sp³-hybridized carbons (Fsp3) is 0.308. The summed E-state index contributed by atoms with van der Waals surface area (Å²) >= 11 is 0. The van der Waals surface area contributed by atoms with E-state index in [9.17, 15) is 0 Å². The number of nitrogens with two attached hydrogens (primary N) is 1. The van der Waals surface area contributed by atoms with Crippen molar-refractivity contribution in [2.45, 2.75) is 20.0 Å². The van der Waals surface area contributed by atoms with Crippen molar-refractivity contribution < 1.29 is 4.74 Å². The van der Waals surface area contributed by atoms with Crippen molar-refractivity contribution in [3.63, 3.8) is 0 Å². The van der Waals surface area contributed by atoms with Crippen molar-refractivity contribution in [1.82, 2.24) is 9.78 Å². The van der Waals surface area contributed by atoms with Gasteiger partial charge in [0.15, 0.2) is 5.82 Å². The molecule has 2 aromatic rings. The summed E-state index contributed by atoms with van der Waals surface area (Å²) in [6.45, 7) is 4.00. The van der Waals surface area contributed by atoms with E-state index in [0.717, 1.165) is 11.4 Å². The Morgan fingerprint density at radius 3 is 2.44 bits per heavy atom. The molecule has 1 aromatic carbocycles. The van der Waals surface area contributed by atoms with Gasteiger partial charge in [0.05, 0.1) is 11.8 Å². The lowest BCUT2D eigenvalue weighted by molar-refractivity contribution is 0.242. The summed E-state index contributed by atoms with van der Waals surface area (Å²) in [7, 11) is 1.83. The number of nitrogens with zero attached hydrogens (tertiary/aromatic N) is 2. The molecule has 18 heavy (non-hydrogen) atoms. The molecule has 5 nitrogen and oxygen atoms in total. The largest absolute Gasteiger partial charge is 0.491 e. The zero-order chi connectivity index (χ0) is 13.1. The van der Waals surface area contributed by atoms with Crippen molar-refractivity contribution in [2.75, 3.05) is 11.1 Å². The Balaban J connectivity index is 2.08. The van der Waals surface area contributed by atoms with E-state index in [-0.39, 0.29) is 6.10 Å². The lowest BCUT2D eigenvalue weighted by Crippen LogP contribution is -2.05. The molecule has 0 atom stereocenters. The molecule has 0 aliphatic heterocycles. The van der Waals surface area contributed by atoms with Gasteiger partial charge in [0.1, 0.15) is 5.75 Å². The SMILES string of the molecule is CC(C)Oc1ccc(Nc2nn(C)cc2N)cc1. The number of aromatic nitrogens is 2. The first-order valence-electron chi connectivity index (χ1n) is 5.87. The van der Waals surface area contributed by atoms with Crippen LogP contribution in [0.1, 0.15) is 13.8 Å². The second-order valence-electron chi connectivity index (χ2n) is 4.42. The highest BCUT2D eigenvalue weighted by atomic mass is 16.5. The Morgan fingerprint density at radius 2 is 1.94 bits per heavy atom. The van der Waals surface area contributed by atoms with E-state index in [0.29, 0.717) is 11.5 Å². The van der Waals surface area contributed by atoms with Crippen molar-refractivity contribution in [3.8, 4) is 5.75 Å². The van der Waals surface area contributed by atoms with Gasteiger partial charge < -0.3 is 15.8 Å². The van der Waals surface area contributed by atoms with E-state index in [1.165, 1.54) is 0 Å². The summed E-state index contributed by atoms with van der Waals surface area (Å²) in [5.74, 6) is 1.51. The Bertz CT molecular complexity index is 516. The van der Waals surface area contributed by atoms with Crippen LogP contribution in [0.25, 0.3) is 0 Å². The van der Waals surface area contributed by atoms with Gasteiger partial charge in [0.2, 0.25) is 0 Å². The van der Waals surface area contributed by atoms with Crippen LogP contribution in [-0.2, 0) is 7.05 Å². The monoisotopic (exact) mass is 246 g/mol. The van der Waals surface area contributed by atoms with Gasteiger partial charge in [-0.15, -0.1) is 0 Å². The average Bonchev–Trinajstić information content (AvgIpc) is 2.59. The maximum Gasteiger partial charge on any atom is 0.175 e. The number of nitrogen functional groups attached to an aromatic ring is 1. The number of anilines is 3. The van der Waals surface area contributed by atoms with Crippen LogP contribution < -0.4 is 15.8 Å². The number of hydrogen-bond donors (Lipinski definition) is 2. The van der Waals surface area contributed by atoms with Gasteiger partial charge in [-0.25, -0.2) is 0 Å². The molecule has 3 N–H and O–H groups in total. The minimum absolute atomic E-state index is 0.176. The van der Waals surface area contributed by atoms with Crippen LogP contribution in [0, 0.1) is 0 Å². The Morgan fingerprint density at radius 1 is 1.28 bits per heavy atom. The second kappa shape index (κ2) is 5.00. The molecule has 0 radical (unpaired) electrons. The van der Waals surface area contributed by atoms with Crippen molar-refractivity contribution in [1.29, 1.82) is 0 Å². The zero-order valence-electron chi connectivity index (χ0n) is 10.8. The van der Waals surface area contributed by atoms with Crippen LogP contribution in [0.15, 0.2) is 30.5 Å². The maximum absolute atomic E-state index is 5.81. The van der Waals surface area contributed by atoms with Gasteiger partial charge in [0, 0.05) is 18.9 Å². The summed E-state index contributed by atoms with van der Waals surface area (Å²) in [4.78, 5) is 0. The predicted octanol–water partition coefficient (Wildman–Crippen LogP) is 2.53. The molecule has 0 aliphatic carbocycles. The Hall–Kier alpha value is -2.17. The number of nitrogens with one attached hydrogen (secondary N) is 1. The summed E-state index contributed by atoms with van der Waals surface area (Å²) < 4.78 is 7.25. The maximum atomic E-state index is 5.81. The van der Waals surface area contributed by atoms with Crippen molar-refractivity contribution in [2.24, 2.45) is 7.05 Å². The molecule has 0 bridgehead atoms. The van der Waals surface area contributed by atoms with Crippen LogP contribution in [0.2, 0.25) is 0 Å². The molecule has 5 heteroatoms. The molecule has 1 heterocycles. The number of hydrogen-bond acceptors (Lipinski definition) is 4. The van der Waals surface area contributed by atoms with E-state index in [4.69, 9.17) is 10.5 Å². The lowest BCUT2D eigenvalue weighted by atomic mass is 10.3. The summed E-state index contributed by atoms with van der Waals surface area (Å²) in [6.07, 6.45) is 1.94. The molecule has 0 unspecified atom stereocenters. The number of aryl methyl sites for hydroxylation is 1. The highest BCUT2D eigenvalue weighted by Gasteiger charge is 2.04. The van der Waals surface area contributed by atoms with Crippen LogP contribution in [0.4, 0.5) is 17.2 Å². The van der Waals surface area contributed by atoms with E-state index in [1.54, 1.807) is 10.9 Å². The van der Waals surface area contributed by atoms with Gasteiger partial charge in [-0.2, -0.15) is 5.10 Å². The van der Waals surface area contributed by atoms with Crippen LogP contribution in [-0.4, -0.2) is 15.9 Å². The third kappa shape index (κ3) is 2.94. The number of rotatable bonds is 4.